The maximum Gasteiger partial charge on any atom is 0.500 e. The highest BCUT2D eigenvalue weighted by Gasteiger charge is 2.43. The summed E-state index contributed by atoms with van der Waals surface area (Å²) in [5.41, 5.74) is -0.897. The van der Waals surface area contributed by atoms with Crippen molar-refractivity contribution in [2.45, 2.75) is 82.7 Å². The summed E-state index contributed by atoms with van der Waals surface area (Å²) in [4.78, 5) is 23.2. The quantitative estimate of drug-likeness (QED) is 0.148. The average molecular weight is 527 g/mol. The number of carboxylic acid groups (broad SMARTS) is 2. The van der Waals surface area contributed by atoms with E-state index in [0.29, 0.717) is 50.6 Å². The molecule has 0 saturated heterocycles. The van der Waals surface area contributed by atoms with Crippen LogP contribution in [-0.2, 0) is 36.1 Å². The first-order valence-corrected chi connectivity index (χ1v) is 15.8. The Labute approximate surface area is 206 Å². The van der Waals surface area contributed by atoms with E-state index < -0.39 is 35.0 Å². The van der Waals surface area contributed by atoms with Crippen LogP contribution in [0.15, 0.2) is 0 Å². The van der Waals surface area contributed by atoms with Crippen LogP contribution in [0, 0.1) is 5.41 Å². The predicted octanol–water partition coefficient (Wildman–Crippen LogP) is 4.19. The van der Waals surface area contributed by atoms with Gasteiger partial charge in [-0.1, -0.05) is 25.7 Å². The summed E-state index contributed by atoms with van der Waals surface area (Å²) >= 11 is 0. The number of carbonyl (C=O) groups is 2. The smallest absolute Gasteiger partial charge is 0.481 e. The van der Waals surface area contributed by atoms with E-state index in [0.717, 1.165) is 25.7 Å². The van der Waals surface area contributed by atoms with Crippen LogP contribution in [0.3, 0.4) is 0 Å². The molecule has 0 aliphatic carbocycles. The fourth-order valence-corrected chi connectivity index (χ4v) is 7.81. The lowest BCUT2D eigenvalue weighted by molar-refractivity contribution is -0.150. The normalized spacial score (nSPS) is 12.8. The standard InChI is InChI=1S/C22H46O10Si2/c1-27-33(28-2,29-3)18-12-16-22(21(25)26,15-11-9-7-8-10-14-20(23)24)17-13-19-34(30-4,31-5)32-6/h7-19H2,1-6H3,(H,23,24)(H,25,26). The lowest BCUT2D eigenvalue weighted by Crippen LogP contribution is -2.44. The van der Waals surface area contributed by atoms with Gasteiger partial charge in [-0.25, -0.2) is 0 Å². The van der Waals surface area contributed by atoms with Crippen LogP contribution in [0.25, 0.3) is 0 Å². The third-order valence-corrected chi connectivity index (χ3v) is 12.3. The predicted molar refractivity (Wildman–Crippen MR) is 132 cm³/mol. The largest absolute Gasteiger partial charge is 0.500 e. The van der Waals surface area contributed by atoms with Gasteiger partial charge in [0.05, 0.1) is 5.41 Å². The lowest BCUT2D eigenvalue weighted by atomic mass is 9.75. The second-order valence-corrected chi connectivity index (χ2v) is 14.7. The number of aliphatic carboxylic acids is 2. The summed E-state index contributed by atoms with van der Waals surface area (Å²) in [6.07, 6.45) is 6.90. The third kappa shape index (κ3) is 11.2. The fourth-order valence-electron chi connectivity index (χ4n) is 4.36. The second-order valence-electron chi connectivity index (χ2n) is 8.54. The van der Waals surface area contributed by atoms with Crippen molar-refractivity contribution in [1.82, 2.24) is 0 Å². The van der Waals surface area contributed by atoms with Crippen LogP contribution in [0.5, 0.6) is 0 Å². The lowest BCUT2D eigenvalue weighted by Gasteiger charge is -2.32. The topological polar surface area (TPSA) is 130 Å². The van der Waals surface area contributed by atoms with Crippen LogP contribution < -0.4 is 0 Å². The molecule has 0 rings (SSSR count). The molecule has 202 valence electrons. The molecule has 34 heavy (non-hydrogen) atoms. The van der Waals surface area contributed by atoms with Crippen LogP contribution >= 0.6 is 0 Å². The van der Waals surface area contributed by atoms with Crippen LogP contribution in [0.2, 0.25) is 12.1 Å². The summed E-state index contributed by atoms with van der Waals surface area (Å²) in [6.45, 7) is 0. The Bertz CT molecular complexity index is 525. The van der Waals surface area contributed by atoms with Gasteiger partial charge in [0.1, 0.15) is 0 Å². The molecule has 0 heterocycles. The van der Waals surface area contributed by atoms with Gasteiger partial charge in [-0.2, -0.15) is 0 Å². The number of hydrogen-bond donors (Lipinski definition) is 2. The molecule has 0 aromatic carbocycles. The summed E-state index contributed by atoms with van der Waals surface area (Å²) in [6, 6.07) is 1.07. The van der Waals surface area contributed by atoms with Crippen molar-refractivity contribution in [3.8, 4) is 0 Å². The van der Waals surface area contributed by atoms with Crippen molar-refractivity contribution < 1.29 is 46.4 Å². The summed E-state index contributed by atoms with van der Waals surface area (Å²) < 4.78 is 33.0. The van der Waals surface area contributed by atoms with E-state index >= 15 is 0 Å². The maximum atomic E-state index is 12.6. The minimum absolute atomic E-state index is 0.174. The molecular formula is C22H46O10Si2. The van der Waals surface area contributed by atoms with Crippen molar-refractivity contribution in [2.24, 2.45) is 5.41 Å². The minimum atomic E-state index is -2.79. The summed E-state index contributed by atoms with van der Waals surface area (Å²) in [5.74, 6) is -1.59. The van der Waals surface area contributed by atoms with Crippen molar-refractivity contribution in [3.05, 3.63) is 0 Å². The first kappa shape index (κ1) is 33.1. The monoisotopic (exact) mass is 526 g/mol. The van der Waals surface area contributed by atoms with Crippen LogP contribution in [0.4, 0.5) is 0 Å². The Morgan fingerprint density at radius 3 is 1.29 bits per heavy atom. The molecule has 0 amide bonds. The van der Waals surface area contributed by atoms with Gasteiger partial charge in [0.25, 0.3) is 0 Å². The van der Waals surface area contributed by atoms with E-state index in [1.54, 1.807) is 42.7 Å². The summed E-state index contributed by atoms with van der Waals surface area (Å²) in [7, 11) is 3.75. The Morgan fingerprint density at radius 1 is 0.588 bits per heavy atom. The molecule has 0 saturated carbocycles. The maximum absolute atomic E-state index is 12.6. The van der Waals surface area contributed by atoms with Gasteiger partial charge in [-0.05, 0) is 38.5 Å². The van der Waals surface area contributed by atoms with Crippen LogP contribution in [-0.4, -0.2) is 82.4 Å². The van der Waals surface area contributed by atoms with Gasteiger partial charge in [-0.15, -0.1) is 0 Å². The zero-order valence-corrected chi connectivity index (χ0v) is 23.9. The molecule has 0 aromatic heterocycles. The molecule has 0 bridgehead atoms. The van der Waals surface area contributed by atoms with E-state index in [-0.39, 0.29) is 6.42 Å². The molecule has 0 unspecified atom stereocenters. The summed E-state index contributed by atoms with van der Waals surface area (Å²) in [5, 5.41) is 19.1. The van der Waals surface area contributed by atoms with Crippen molar-refractivity contribution in [3.63, 3.8) is 0 Å². The molecule has 10 nitrogen and oxygen atoms in total. The Morgan fingerprint density at radius 2 is 0.941 bits per heavy atom. The SMILES string of the molecule is CO[Si](CCCC(CCCCCCCC(=O)O)(CCC[Si](OC)(OC)OC)C(=O)O)(OC)OC. The van der Waals surface area contributed by atoms with Gasteiger partial charge in [-0.3, -0.25) is 9.59 Å². The van der Waals surface area contributed by atoms with E-state index in [1.807, 2.05) is 0 Å². The van der Waals surface area contributed by atoms with Gasteiger partial charge in [0, 0.05) is 61.2 Å². The first-order chi connectivity index (χ1) is 16.1. The molecular weight excluding hydrogens is 480 g/mol. The molecule has 12 heteroatoms. The van der Waals surface area contributed by atoms with E-state index in [9.17, 15) is 14.7 Å². The van der Waals surface area contributed by atoms with Gasteiger partial charge in [0.15, 0.2) is 0 Å². The highest BCUT2D eigenvalue weighted by Crippen LogP contribution is 2.39. The van der Waals surface area contributed by atoms with Crippen molar-refractivity contribution in [1.29, 1.82) is 0 Å². The van der Waals surface area contributed by atoms with E-state index in [4.69, 9.17) is 31.7 Å². The first-order valence-electron chi connectivity index (χ1n) is 11.9. The average Bonchev–Trinajstić information content (AvgIpc) is 2.83. The van der Waals surface area contributed by atoms with Gasteiger partial charge < -0.3 is 36.8 Å². The molecule has 0 spiro atoms. The van der Waals surface area contributed by atoms with Gasteiger partial charge >= 0.3 is 29.5 Å². The van der Waals surface area contributed by atoms with Crippen molar-refractivity contribution >= 4 is 29.5 Å². The fraction of sp³-hybridized carbons (Fsp3) is 0.909. The molecule has 0 aromatic rings. The molecule has 0 aliphatic heterocycles. The molecule has 2 N–H and O–H groups in total. The molecule has 0 atom stereocenters. The highest BCUT2D eigenvalue weighted by molar-refractivity contribution is 6.60. The van der Waals surface area contributed by atoms with Crippen LogP contribution in [0.1, 0.15) is 70.6 Å². The zero-order chi connectivity index (χ0) is 26.1. The molecule has 0 radical (unpaired) electrons. The number of rotatable bonds is 23. The third-order valence-electron chi connectivity index (χ3n) is 6.64. The number of carboxylic acids is 2. The number of unbranched alkanes of at least 4 members (excludes halogenated alkanes) is 4. The Kier molecular flexibility index (Phi) is 17.1. The number of hydrogen-bond acceptors (Lipinski definition) is 8. The Balaban J connectivity index is 5.22. The van der Waals surface area contributed by atoms with Crippen molar-refractivity contribution in [2.75, 3.05) is 42.7 Å². The Hall–Kier alpha value is -0.866. The van der Waals surface area contributed by atoms with E-state index in [1.165, 1.54) is 0 Å². The highest BCUT2D eigenvalue weighted by atomic mass is 28.4. The minimum Gasteiger partial charge on any atom is -0.481 e. The molecule has 0 fully saturated rings. The van der Waals surface area contributed by atoms with Gasteiger partial charge in [0.2, 0.25) is 0 Å². The second kappa shape index (κ2) is 17.5. The van der Waals surface area contributed by atoms with E-state index in [2.05, 4.69) is 0 Å². The molecule has 0 aliphatic rings. The zero-order valence-electron chi connectivity index (χ0n) is 21.9.